The van der Waals surface area contributed by atoms with Crippen LogP contribution < -0.4 is 5.32 Å². The van der Waals surface area contributed by atoms with Gasteiger partial charge in [-0.15, -0.1) is 11.8 Å². The number of carbonyl (C=O) groups excluding carboxylic acids is 1. The second kappa shape index (κ2) is 6.86. The number of benzene rings is 2. The van der Waals surface area contributed by atoms with Gasteiger partial charge in [-0.3, -0.25) is 9.36 Å². The third kappa shape index (κ3) is 3.50. The molecule has 2 aromatic carbocycles. The number of para-hydroxylation sites is 1. The summed E-state index contributed by atoms with van der Waals surface area (Å²) in [6.07, 6.45) is 2.89. The minimum atomic E-state index is -3.26. The number of hydrogen-bond donors (Lipinski definition) is 1. The van der Waals surface area contributed by atoms with Gasteiger partial charge in [0.25, 0.3) is 0 Å². The smallest absolute Gasteiger partial charge is 0.235 e. The van der Waals surface area contributed by atoms with Gasteiger partial charge in [0.1, 0.15) is 6.33 Å². The molecule has 1 amide bonds. The second-order valence-electron chi connectivity index (χ2n) is 6.26. The highest BCUT2D eigenvalue weighted by Crippen LogP contribution is 2.42. The topological polar surface area (TPSA) is 81.1 Å². The molecule has 0 saturated heterocycles. The molecular formula is C19H17N3O3S2. The van der Waals surface area contributed by atoms with Gasteiger partial charge in [0.2, 0.25) is 5.91 Å². The first-order valence-electron chi connectivity index (χ1n) is 8.27. The summed E-state index contributed by atoms with van der Waals surface area (Å²) in [5.41, 5.74) is 2.73. The first-order chi connectivity index (χ1) is 12.9. The Kier molecular flexibility index (Phi) is 4.53. The molecule has 6 nitrogen and oxygen atoms in total. The normalized spacial score (nSPS) is 17.1. The minimum Gasteiger partial charge on any atom is -0.308 e. The number of imidazole rings is 1. The van der Waals surface area contributed by atoms with Crippen molar-refractivity contribution < 1.29 is 13.2 Å². The van der Waals surface area contributed by atoms with Gasteiger partial charge in [-0.05, 0) is 29.8 Å². The zero-order chi connectivity index (χ0) is 19.0. The molecule has 0 fully saturated rings. The summed E-state index contributed by atoms with van der Waals surface area (Å²) in [6.45, 7) is 0. The number of nitrogens with one attached hydrogen (secondary N) is 1. The van der Waals surface area contributed by atoms with Crippen LogP contribution >= 0.6 is 11.8 Å². The van der Waals surface area contributed by atoms with E-state index in [9.17, 15) is 13.2 Å². The third-order valence-electron chi connectivity index (χ3n) is 4.34. The number of fused-ring (bicyclic) bond motifs is 1. The molecule has 0 radical (unpaired) electrons. The van der Waals surface area contributed by atoms with E-state index in [1.54, 1.807) is 30.6 Å². The van der Waals surface area contributed by atoms with Crippen molar-refractivity contribution in [2.75, 3.05) is 17.3 Å². The van der Waals surface area contributed by atoms with Crippen molar-refractivity contribution in [1.82, 2.24) is 9.55 Å². The lowest BCUT2D eigenvalue weighted by Crippen LogP contribution is -2.12. The van der Waals surface area contributed by atoms with Gasteiger partial charge in [0.15, 0.2) is 15.7 Å². The number of nitrogens with zero attached hydrogens (tertiary/aromatic N) is 2. The van der Waals surface area contributed by atoms with Crippen LogP contribution in [0.4, 0.5) is 5.82 Å². The number of anilines is 1. The van der Waals surface area contributed by atoms with Gasteiger partial charge < -0.3 is 5.32 Å². The Bertz CT molecular complexity index is 1090. The summed E-state index contributed by atoms with van der Waals surface area (Å²) in [5.74, 6) is 0.727. The Morgan fingerprint density at radius 2 is 1.81 bits per heavy atom. The Hall–Kier alpha value is -2.58. The van der Waals surface area contributed by atoms with E-state index >= 15 is 0 Å². The molecular weight excluding hydrogens is 382 g/mol. The molecule has 0 aliphatic carbocycles. The molecule has 0 saturated carbocycles. The summed E-state index contributed by atoms with van der Waals surface area (Å²) in [7, 11) is -3.26. The molecule has 138 valence electrons. The number of rotatable bonds is 3. The van der Waals surface area contributed by atoms with Crippen molar-refractivity contribution in [3.63, 3.8) is 0 Å². The van der Waals surface area contributed by atoms with Crippen LogP contribution in [0, 0.1) is 0 Å². The standard InChI is InChI=1S/C19H17N3O3S2/c1-27(24,25)15-9-7-13(8-10-15)18-17-19(21-16(23)11-26-18)20-12-22(17)14-5-3-2-4-6-14/h2-10,12,18H,11H2,1H3,(H,21,23)/t18-/m1/s1. The van der Waals surface area contributed by atoms with Gasteiger partial charge in [-0.2, -0.15) is 0 Å². The third-order valence-corrected chi connectivity index (χ3v) is 6.72. The molecule has 8 heteroatoms. The van der Waals surface area contributed by atoms with Gasteiger partial charge in [0, 0.05) is 11.9 Å². The summed E-state index contributed by atoms with van der Waals surface area (Å²) < 4.78 is 25.4. The van der Waals surface area contributed by atoms with Crippen molar-refractivity contribution in [3.05, 3.63) is 72.2 Å². The van der Waals surface area contributed by atoms with Crippen LogP contribution in [0.25, 0.3) is 5.69 Å². The number of amides is 1. The van der Waals surface area contributed by atoms with E-state index in [4.69, 9.17) is 0 Å². The van der Waals surface area contributed by atoms with Crippen molar-refractivity contribution >= 4 is 33.3 Å². The Morgan fingerprint density at radius 1 is 1.11 bits per heavy atom. The van der Waals surface area contributed by atoms with Crippen LogP contribution in [-0.2, 0) is 14.6 Å². The summed E-state index contributed by atoms with van der Waals surface area (Å²) >= 11 is 1.49. The largest absolute Gasteiger partial charge is 0.308 e. The zero-order valence-electron chi connectivity index (χ0n) is 14.5. The maximum Gasteiger partial charge on any atom is 0.235 e. The Balaban J connectivity index is 1.83. The van der Waals surface area contributed by atoms with Crippen LogP contribution in [-0.4, -0.2) is 35.9 Å². The lowest BCUT2D eigenvalue weighted by molar-refractivity contribution is -0.113. The maximum absolute atomic E-state index is 12.1. The molecule has 2 heterocycles. The van der Waals surface area contributed by atoms with Crippen LogP contribution in [0.3, 0.4) is 0 Å². The molecule has 0 unspecified atom stereocenters. The van der Waals surface area contributed by atoms with E-state index in [0.717, 1.165) is 16.9 Å². The summed E-state index contributed by atoms with van der Waals surface area (Å²) in [6, 6.07) is 16.6. The molecule has 1 N–H and O–H groups in total. The Morgan fingerprint density at radius 3 is 2.48 bits per heavy atom. The lowest BCUT2D eigenvalue weighted by atomic mass is 10.1. The van der Waals surface area contributed by atoms with E-state index in [2.05, 4.69) is 10.3 Å². The van der Waals surface area contributed by atoms with Gasteiger partial charge >= 0.3 is 0 Å². The maximum atomic E-state index is 12.1. The van der Waals surface area contributed by atoms with E-state index < -0.39 is 9.84 Å². The van der Waals surface area contributed by atoms with E-state index in [-0.39, 0.29) is 16.1 Å². The molecule has 1 aliphatic rings. The average Bonchev–Trinajstić information content (AvgIpc) is 2.98. The molecule has 0 spiro atoms. The fraction of sp³-hybridized carbons (Fsp3) is 0.158. The van der Waals surface area contributed by atoms with Crippen LogP contribution in [0.2, 0.25) is 0 Å². The minimum absolute atomic E-state index is 0.102. The number of aromatic nitrogens is 2. The predicted molar refractivity (Wildman–Crippen MR) is 106 cm³/mol. The summed E-state index contributed by atoms with van der Waals surface area (Å²) in [5, 5.41) is 2.70. The molecule has 1 atom stereocenters. The monoisotopic (exact) mass is 399 g/mol. The van der Waals surface area contributed by atoms with E-state index in [1.807, 2.05) is 34.9 Å². The highest BCUT2D eigenvalue weighted by Gasteiger charge is 2.29. The van der Waals surface area contributed by atoms with E-state index in [1.165, 1.54) is 18.0 Å². The van der Waals surface area contributed by atoms with Crippen LogP contribution in [0.15, 0.2) is 65.8 Å². The molecule has 27 heavy (non-hydrogen) atoms. The van der Waals surface area contributed by atoms with Gasteiger partial charge in [0.05, 0.1) is 21.6 Å². The molecule has 3 aromatic rings. The number of hydrogen-bond acceptors (Lipinski definition) is 5. The highest BCUT2D eigenvalue weighted by atomic mass is 32.2. The van der Waals surface area contributed by atoms with Crippen molar-refractivity contribution in [2.24, 2.45) is 0 Å². The van der Waals surface area contributed by atoms with E-state index in [0.29, 0.717) is 11.6 Å². The predicted octanol–water partition coefficient (Wildman–Crippen LogP) is 3.05. The van der Waals surface area contributed by atoms with Crippen LogP contribution in [0.5, 0.6) is 0 Å². The number of sulfone groups is 1. The highest BCUT2D eigenvalue weighted by molar-refractivity contribution is 8.00. The van der Waals surface area contributed by atoms with Gasteiger partial charge in [-0.25, -0.2) is 13.4 Å². The van der Waals surface area contributed by atoms with Crippen molar-refractivity contribution in [1.29, 1.82) is 0 Å². The summed E-state index contributed by atoms with van der Waals surface area (Å²) in [4.78, 5) is 16.8. The molecule has 1 aromatic heterocycles. The Labute approximate surface area is 161 Å². The first kappa shape index (κ1) is 17.8. The second-order valence-corrected chi connectivity index (χ2v) is 9.37. The molecule has 1 aliphatic heterocycles. The first-order valence-corrected chi connectivity index (χ1v) is 11.2. The lowest BCUT2D eigenvalue weighted by Gasteiger charge is -2.18. The molecule has 0 bridgehead atoms. The molecule has 4 rings (SSSR count). The van der Waals surface area contributed by atoms with Crippen LogP contribution in [0.1, 0.15) is 16.5 Å². The fourth-order valence-electron chi connectivity index (χ4n) is 3.05. The fourth-order valence-corrected chi connectivity index (χ4v) is 4.80. The SMILES string of the molecule is CS(=O)(=O)c1ccc([C@H]2SCC(=O)Nc3ncn(-c4ccccc4)c32)cc1. The zero-order valence-corrected chi connectivity index (χ0v) is 16.1. The average molecular weight is 399 g/mol. The van der Waals surface area contributed by atoms with Crippen molar-refractivity contribution in [2.45, 2.75) is 10.1 Å². The number of thioether (sulfide) groups is 1. The number of carbonyl (C=O) groups is 1. The van der Waals surface area contributed by atoms with Gasteiger partial charge in [-0.1, -0.05) is 30.3 Å². The quantitative estimate of drug-likeness (QED) is 0.732. The van der Waals surface area contributed by atoms with Crippen molar-refractivity contribution in [3.8, 4) is 5.69 Å².